The Hall–Kier alpha value is -1.49. The summed E-state index contributed by atoms with van der Waals surface area (Å²) in [5.41, 5.74) is 2.25. The van der Waals surface area contributed by atoms with Crippen molar-refractivity contribution in [3.05, 3.63) is 34.0 Å². The fourth-order valence-corrected chi connectivity index (χ4v) is 2.67. The SMILES string of the molecule is CCNc1nccc(Cc2nc(C(C)(C)C)cs2)n1. The first kappa shape index (κ1) is 13.9. The van der Waals surface area contributed by atoms with Gasteiger partial charge < -0.3 is 5.32 Å². The first-order valence-corrected chi connectivity index (χ1v) is 7.37. The zero-order valence-electron chi connectivity index (χ0n) is 11.9. The molecule has 2 aromatic rings. The van der Waals surface area contributed by atoms with Crippen LogP contribution in [-0.2, 0) is 11.8 Å². The highest BCUT2D eigenvalue weighted by molar-refractivity contribution is 7.09. The van der Waals surface area contributed by atoms with Gasteiger partial charge in [-0.05, 0) is 13.0 Å². The zero-order chi connectivity index (χ0) is 13.9. The highest BCUT2D eigenvalue weighted by Gasteiger charge is 2.17. The summed E-state index contributed by atoms with van der Waals surface area (Å²) in [5, 5.41) is 6.37. The molecule has 0 aliphatic carbocycles. The van der Waals surface area contributed by atoms with Gasteiger partial charge in [0.15, 0.2) is 0 Å². The third kappa shape index (κ3) is 3.73. The van der Waals surface area contributed by atoms with E-state index in [1.807, 2.05) is 13.0 Å². The molecule has 0 bridgehead atoms. The molecule has 0 amide bonds. The molecule has 2 aromatic heterocycles. The monoisotopic (exact) mass is 276 g/mol. The molecule has 0 radical (unpaired) electrons. The summed E-state index contributed by atoms with van der Waals surface area (Å²) >= 11 is 1.70. The first-order chi connectivity index (χ1) is 8.99. The van der Waals surface area contributed by atoms with E-state index in [0.29, 0.717) is 5.95 Å². The van der Waals surface area contributed by atoms with E-state index in [1.165, 1.54) is 0 Å². The van der Waals surface area contributed by atoms with E-state index in [9.17, 15) is 0 Å². The van der Waals surface area contributed by atoms with Gasteiger partial charge in [-0.3, -0.25) is 0 Å². The summed E-state index contributed by atoms with van der Waals surface area (Å²) in [7, 11) is 0. The maximum atomic E-state index is 4.69. The second-order valence-electron chi connectivity index (χ2n) is 5.46. The fraction of sp³-hybridized carbons (Fsp3) is 0.500. The maximum Gasteiger partial charge on any atom is 0.222 e. The van der Waals surface area contributed by atoms with Crippen LogP contribution in [0.4, 0.5) is 5.95 Å². The lowest BCUT2D eigenvalue weighted by Gasteiger charge is -2.14. The van der Waals surface area contributed by atoms with Crippen LogP contribution in [0.1, 0.15) is 44.1 Å². The van der Waals surface area contributed by atoms with Crippen molar-refractivity contribution in [1.29, 1.82) is 0 Å². The molecule has 0 spiro atoms. The van der Waals surface area contributed by atoms with Crippen molar-refractivity contribution in [2.45, 2.75) is 39.5 Å². The van der Waals surface area contributed by atoms with Gasteiger partial charge in [0.1, 0.15) is 0 Å². The molecule has 0 saturated heterocycles. The molecule has 5 heteroatoms. The number of rotatable bonds is 4. The van der Waals surface area contributed by atoms with Crippen LogP contribution >= 0.6 is 11.3 Å². The van der Waals surface area contributed by atoms with Crippen LogP contribution in [0.5, 0.6) is 0 Å². The van der Waals surface area contributed by atoms with E-state index in [4.69, 9.17) is 4.98 Å². The van der Waals surface area contributed by atoms with Gasteiger partial charge in [0, 0.05) is 30.0 Å². The first-order valence-electron chi connectivity index (χ1n) is 6.49. The molecule has 4 nitrogen and oxygen atoms in total. The van der Waals surface area contributed by atoms with Crippen molar-refractivity contribution in [2.75, 3.05) is 11.9 Å². The number of aromatic nitrogens is 3. The molecule has 2 rings (SSSR count). The lowest BCUT2D eigenvalue weighted by Crippen LogP contribution is -2.11. The standard InChI is InChI=1S/C14H20N4S/c1-5-15-13-16-7-6-10(17-13)8-12-18-11(9-19-12)14(2,3)4/h6-7,9H,5,8H2,1-4H3,(H,15,16,17). The Bertz CT molecular complexity index is 542. The van der Waals surface area contributed by atoms with Crippen LogP contribution < -0.4 is 5.32 Å². The van der Waals surface area contributed by atoms with E-state index < -0.39 is 0 Å². The largest absolute Gasteiger partial charge is 0.354 e. The van der Waals surface area contributed by atoms with E-state index in [2.05, 4.69) is 41.4 Å². The predicted molar refractivity (Wildman–Crippen MR) is 79.8 cm³/mol. The van der Waals surface area contributed by atoms with Crippen molar-refractivity contribution in [3.63, 3.8) is 0 Å². The number of hydrogen-bond donors (Lipinski definition) is 1. The summed E-state index contributed by atoms with van der Waals surface area (Å²) in [6.07, 6.45) is 2.56. The van der Waals surface area contributed by atoms with Crippen LogP contribution in [-0.4, -0.2) is 21.5 Å². The second kappa shape index (κ2) is 5.65. The smallest absolute Gasteiger partial charge is 0.222 e. The molecule has 2 heterocycles. The molecule has 0 aromatic carbocycles. The molecule has 0 aliphatic heterocycles. The van der Waals surface area contributed by atoms with Gasteiger partial charge in [0.2, 0.25) is 5.95 Å². The minimum absolute atomic E-state index is 0.106. The van der Waals surface area contributed by atoms with Crippen LogP contribution in [0.3, 0.4) is 0 Å². The normalized spacial score (nSPS) is 11.6. The third-order valence-corrected chi connectivity index (χ3v) is 3.55. The van der Waals surface area contributed by atoms with Crippen molar-refractivity contribution in [3.8, 4) is 0 Å². The van der Waals surface area contributed by atoms with Gasteiger partial charge in [-0.2, -0.15) is 0 Å². The second-order valence-corrected chi connectivity index (χ2v) is 6.40. The molecule has 0 saturated carbocycles. The number of nitrogens with zero attached hydrogens (tertiary/aromatic N) is 3. The molecule has 0 atom stereocenters. The Labute approximate surface area is 118 Å². The summed E-state index contributed by atoms with van der Waals surface area (Å²) in [4.78, 5) is 13.3. The van der Waals surface area contributed by atoms with Crippen molar-refractivity contribution >= 4 is 17.3 Å². The summed E-state index contributed by atoms with van der Waals surface area (Å²) in [6.45, 7) is 9.40. The number of hydrogen-bond acceptors (Lipinski definition) is 5. The minimum Gasteiger partial charge on any atom is -0.354 e. The Kier molecular flexibility index (Phi) is 4.14. The van der Waals surface area contributed by atoms with Gasteiger partial charge in [-0.15, -0.1) is 11.3 Å². The zero-order valence-corrected chi connectivity index (χ0v) is 12.7. The van der Waals surface area contributed by atoms with Crippen molar-refractivity contribution < 1.29 is 0 Å². The molecule has 0 aliphatic rings. The molecule has 102 valence electrons. The van der Waals surface area contributed by atoms with E-state index in [0.717, 1.165) is 29.4 Å². The quantitative estimate of drug-likeness (QED) is 0.931. The predicted octanol–water partition coefficient (Wildman–Crippen LogP) is 3.25. The maximum absolute atomic E-state index is 4.69. The van der Waals surface area contributed by atoms with E-state index in [-0.39, 0.29) is 5.41 Å². The molecular weight excluding hydrogens is 256 g/mol. The summed E-state index contributed by atoms with van der Waals surface area (Å²) in [5.74, 6) is 0.688. The van der Waals surface area contributed by atoms with Gasteiger partial charge in [-0.1, -0.05) is 20.8 Å². The summed E-state index contributed by atoms with van der Waals surface area (Å²) in [6, 6.07) is 1.94. The Balaban J connectivity index is 2.12. The average Bonchev–Trinajstić information content (AvgIpc) is 2.78. The van der Waals surface area contributed by atoms with E-state index in [1.54, 1.807) is 17.5 Å². The topological polar surface area (TPSA) is 50.7 Å². The minimum atomic E-state index is 0.106. The number of thiazole rings is 1. The van der Waals surface area contributed by atoms with Crippen molar-refractivity contribution in [1.82, 2.24) is 15.0 Å². The van der Waals surface area contributed by atoms with Crippen LogP contribution in [0.2, 0.25) is 0 Å². The van der Waals surface area contributed by atoms with Crippen LogP contribution in [0.25, 0.3) is 0 Å². The fourth-order valence-electron chi connectivity index (χ4n) is 1.63. The average molecular weight is 276 g/mol. The Morgan fingerprint density at radius 1 is 1.26 bits per heavy atom. The van der Waals surface area contributed by atoms with Crippen molar-refractivity contribution in [2.24, 2.45) is 0 Å². The lowest BCUT2D eigenvalue weighted by molar-refractivity contribution is 0.571. The molecule has 1 N–H and O–H groups in total. The van der Waals surface area contributed by atoms with Crippen LogP contribution in [0, 0.1) is 0 Å². The molecule has 0 fully saturated rings. The molecule has 19 heavy (non-hydrogen) atoms. The Morgan fingerprint density at radius 3 is 2.68 bits per heavy atom. The highest BCUT2D eigenvalue weighted by atomic mass is 32.1. The number of nitrogens with one attached hydrogen (secondary N) is 1. The van der Waals surface area contributed by atoms with Gasteiger partial charge >= 0.3 is 0 Å². The third-order valence-electron chi connectivity index (χ3n) is 2.70. The highest BCUT2D eigenvalue weighted by Crippen LogP contribution is 2.24. The van der Waals surface area contributed by atoms with E-state index >= 15 is 0 Å². The molecule has 0 unspecified atom stereocenters. The van der Waals surface area contributed by atoms with Gasteiger partial charge in [0.25, 0.3) is 0 Å². The lowest BCUT2D eigenvalue weighted by atomic mass is 9.93. The number of anilines is 1. The van der Waals surface area contributed by atoms with Gasteiger partial charge in [-0.25, -0.2) is 15.0 Å². The Morgan fingerprint density at radius 2 is 2.05 bits per heavy atom. The van der Waals surface area contributed by atoms with Gasteiger partial charge in [0.05, 0.1) is 16.4 Å². The van der Waals surface area contributed by atoms with Crippen LogP contribution in [0.15, 0.2) is 17.6 Å². The summed E-state index contributed by atoms with van der Waals surface area (Å²) < 4.78 is 0. The molecular formula is C14H20N4S.